The molecule has 0 saturated carbocycles. The van der Waals surface area contributed by atoms with Crippen molar-refractivity contribution in [3.63, 3.8) is 0 Å². The largest absolute Gasteiger partial charge is 0.0778 e. The molecule has 2 atom stereocenters. The Hall–Kier alpha value is -1.30. The summed E-state index contributed by atoms with van der Waals surface area (Å²) >= 11 is 0. The molecule has 0 heteroatoms. The van der Waals surface area contributed by atoms with Crippen LogP contribution in [-0.4, -0.2) is 0 Å². The van der Waals surface area contributed by atoms with Gasteiger partial charge >= 0.3 is 0 Å². The summed E-state index contributed by atoms with van der Waals surface area (Å²) in [6, 6.07) is 6.83. The van der Waals surface area contributed by atoms with Crippen LogP contribution in [0, 0.1) is 19.8 Å². The molecular formula is C17H22. The standard InChI is InChI=1S/C17H22/c1-11-6-7-16(13(3)8-11)17-14(4)9-12(2)10-15(17)5/h6-10,14,17H,1-5H3. The van der Waals surface area contributed by atoms with Crippen LogP contribution in [0.15, 0.2) is 41.5 Å². The zero-order chi connectivity index (χ0) is 12.6. The first-order chi connectivity index (χ1) is 7.99. The molecule has 0 aromatic heterocycles. The third-order valence-corrected chi connectivity index (χ3v) is 3.76. The van der Waals surface area contributed by atoms with Gasteiger partial charge in [0.25, 0.3) is 0 Å². The van der Waals surface area contributed by atoms with Crippen molar-refractivity contribution in [2.75, 3.05) is 0 Å². The summed E-state index contributed by atoms with van der Waals surface area (Å²) < 4.78 is 0. The Balaban J connectivity index is 2.44. The number of hydrogen-bond acceptors (Lipinski definition) is 0. The highest BCUT2D eigenvalue weighted by Gasteiger charge is 2.23. The molecule has 2 unspecified atom stereocenters. The minimum Gasteiger partial charge on any atom is -0.0778 e. The van der Waals surface area contributed by atoms with E-state index in [-0.39, 0.29) is 0 Å². The molecule has 0 N–H and O–H groups in total. The van der Waals surface area contributed by atoms with Crippen LogP contribution in [0.2, 0.25) is 0 Å². The Morgan fingerprint density at radius 1 is 1.00 bits per heavy atom. The maximum Gasteiger partial charge on any atom is 0.0112 e. The maximum absolute atomic E-state index is 2.39. The third-order valence-electron chi connectivity index (χ3n) is 3.76. The van der Waals surface area contributed by atoms with Gasteiger partial charge in [0.1, 0.15) is 0 Å². The van der Waals surface area contributed by atoms with Gasteiger partial charge in [0, 0.05) is 5.92 Å². The van der Waals surface area contributed by atoms with Crippen LogP contribution < -0.4 is 0 Å². The van der Waals surface area contributed by atoms with Crippen molar-refractivity contribution in [1.29, 1.82) is 0 Å². The minimum absolute atomic E-state index is 0.555. The molecular weight excluding hydrogens is 204 g/mol. The van der Waals surface area contributed by atoms with Crippen molar-refractivity contribution in [2.45, 2.75) is 40.5 Å². The lowest BCUT2D eigenvalue weighted by molar-refractivity contribution is 0.598. The van der Waals surface area contributed by atoms with Gasteiger partial charge in [-0.05, 0) is 44.7 Å². The molecule has 0 heterocycles. The van der Waals surface area contributed by atoms with E-state index in [1.165, 1.54) is 27.8 Å². The van der Waals surface area contributed by atoms with Gasteiger partial charge < -0.3 is 0 Å². The van der Waals surface area contributed by atoms with Gasteiger partial charge in [-0.2, -0.15) is 0 Å². The van der Waals surface area contributed by atoms with Crippen molar-refractivity contribution in [3.8, 4) is 0 Å². The molecule has 0 amide bonds. The van der Waals surface area contributed by atoms with E-state index in [0.717, 1.165) is 0 Å². The molecule has 1 aliphatic carbocycles. The monoisotopic (exact) mass is 226 g/mol. The topological polar surface area (TPSA) is 0 Å². The zero-order valence-electron chi connectivity index (χ0n) is 11.5. The fourth-order valence-corrected chi connectivity index (χ4v) is 3.13. The van der Waals surface area contributed by atoms with Crippen LogP contribution in [-0.2, 0) is 0 Å². The quantitative estimate of drug-likeness (QED) is 0.637. The van der Waals surface area contributed by atoms with E-state index in [4.69, 9.17) is 0 Å². The Bertz CT molecular complexity index is 489. The van der Waals surface area contributed by atoms with Gasteiger partial charge in [0.15, 0.2) is 0 Å². The lowest BCUT2D eigenvalue weighted by Gasteiger charge is -2.28. The van der Waals surface area contributed by atoms with E-state index in [1.54, 1.807) is 0 Å². The number of hydrogen-bond donors (Lipinski definition) is 0. The van der Waals surface area contributed by atoms with Gasteiger partial charge in [-0.1, -0.05) is 54.0 Å². The van der Waals surface area contributed by atoms with Crippen LogP contribution in [0.5, 0.6) is 0 Å². The molecule has 1 aliphatic rings. The van der Waals surface area contributed by atoms with Crippen LogP contribution >= 0.6 is 0 Å². The average molecular weight is 226 g/mol. The molecule has 1 aromatic carbocycles. The molecule has 0 fully saturated rings. The minimum atomic E-state index is 0.555. The van der Waals surface area contributed by atoms with Crippen LogP contribution in [0.4, 0.5) is 0 Å². The van der Waals surface area contributed by atoms with Crippen molar-refractivity contribution < 1.29 is 0 Å². The predicted octanol–water partition coefficient (Wildman–Crippen LogP) is 4.93. The van der Waals surface area contributed by atoms with E-state index >= 15 is 0 Å². The number of rotatable bonds is 1. The third kappa shape index (κ3) is 2.36. The van der Waals surface area contributed by atoms with Gasteiger partial charge in [-0.3, -0.25) is 0 Å². The van der Waals surface area contributed by atoms with Crippen molar-refractivity contribution in [2.24, 2.45) is 5.92 Å². The molecule has 0 radical (unpaired) electrons. The number of aryl methyl sites for hydroxylation is 2. The summed E-state index contributed by atoms with van der Waals surface area (Å²) in [6.07, 6.45) is 4.71. The SMILES string of the molecule is CC1=CC(C)C(c2ccc(C)cc2C)C(C)=C1. The summed E-state index contributed by atoms with van der Waals surface area (Å²) in [4.78, 5) is 0. The van der Waals surface area contributed by atoms with E-state index < -0.39 is 0 Å². The van der Waals surface area contributed by atoms with Gasteiger partial charge in [0.05, 0.1) is 0 Å². The summed E-state index contributed by atoms with van der Waals surface area (Å²) in [5, 5.41) is 0. The molecule has 17 heavy (non-hydrogen) atoms. The highest BCUT2D eigenvalue weighted by Crippen LogP contribution is 2.38. The second-order valence-corrected chi connectivity index (χ2v) is 5.50. The molecule has 2 rings (SSSR count). The number of benzene rings is 1. The Kier molecular flexibility index (Phi) is 3.24. The van der Waals surface area contributed by atoms with Crippen LogP contribution in [0.3, 0.4) is 0 Å². The summed E-state index contributed by atoms with van der Waals surface area (Å²) in [5.41, 5.74) is 7.15. The Morgan fingerprint density at radius 3 is 2.29 bits per heavy atom. The van der Waals surface area contributed by atoms with E-state index in [1.807, 2.05) is 0 Å². The predicted molar refractivity (Wildman–Crippen MR) is 75.3 cm³/mol. The fraction of sp³-hybridized carbons (Fsp3) is 0.412. The first-order valence-corrected chi connectivity index (χ1v) is 6.43. The fourth-order valence-electron chi connectivity index (χ4n) is 3.13. The Labute approximate surface area is 105 Å². The number of allylic oxidation sites excluding steroid dienone is 4. The first-order valence-electron chi connectivity index (χ1n) is 6.43. The second kappa shape index (κ2) is 4.52. The van der Waals surface area contributed by atoms with Gasteiger partial charge in [0.2, 0.25) is 0 Å². The molecule has 90 valence electrons. The molecule has 0 aliphatic heterocycles. The summed E-state index contributed by atoms with van der Waals surface area (Å²) in [7, 11) is 0. The molecule has 0 bridgehead atoms. The molecule has 0 spiro atoms. The molecule has 0 nitrogen and oxygen atoms in total. The van der Waals surface area contributed by atoms with Crippen molar-refractivity contribution in [3.05, 3.63) is 58.2 Å². The first kappa shape index (κ1) is 12.2. The highest BCUT2D eigenvalue weighted by molar-refractivity contribution is 5.42. The molecule has 1 aromatic rings. The van der Waals surface area contributed by atoms with E-state index in [0.29, 0.717) is 11.8 Å². The average Bonchev–Trinajstić information content (AvgIpc) is 2.19. The van der Waals surface area contributed by atoms with Gasteiger partial charge in [-0.15, -0.1) is 0 Å². The smallest absolute Gasteiger partial charge is 0.0112 e. The van der Waals surface area contributed by atoms with Gasteiger partial charge in [-0.25, -0.2) is 0 Å². The van der Waals surface area contributed by atoms with E-state index in [2.05, 4.69) is 65.0 Å². The van der Waals surface area contributed by atoms with Crippen molar-refractivity contribution >= 4 is 0 Å². The Morgan fingerprint density at radius 2 is 1.71 bits per heavy atom. The van der Waals surface area contributed by atoms with Crippen molar-refractivity contribution in [1.82, 2.24) is 0 Å². The van der Waals surface area contributed by atoms with Crippen LogP contribution in [0.1, 0.15) is 43.4 Å². The lowest BCUT2D eigenvalue weighted by atomic mass is 9.76. The summed E-state index contributed by atoms with van der Waals surface area (Å²) in [6.45, 7) is 11.2. The highest BCUT2D eigenvalue weighted by atomic mass is 14.3. The van der Waals surface area contributed by atoms with Crippen LogP contribution in [0.25, 0.3) is 0 Å². The molecule has 0 saturated heterocycles. The normalized spacial score (nSPS) is 24.3. The summed E-state index contributed by atoms with van der Waals surface area (Å²) in [5.74, 6) is 1.15. The maximum atomic E-state index is 2.39. The zero-order valence-corrected chi connectivity index (χ0v) is 11.5. The lowest BCUT2D eigenvalue weighted by Crippen LogP contribution is -2.14. The second-order valence-electron chi connectivity index (χ2n) is 5.50. The van der Waals surface area contributed by atoms with E-state index in [9.17, 15) is 0 Å².